The number of carbonyl (C=O) groups excluding carboxylic acids is 2. The normalized spacial score (nSPS) is 25.3. The van der Waals surface area contributed by atoms with Gasteiger partial charge in [0.25, 0.3) is 0 Å². The summed E-state index contributed by atoms with van der Waals surface area (Å²) in [4.78, 5) is 22.7. The highest BCUT2D eigenvalue weighted by molar-refractivity contribution is 7.99. The molecule has 0 aromatic carbocycles. The van der Waals surface area contributed by atoms with Gasteiger partial charge in [-0.25, -0.2) is 4.79 Å². The summed E-state index contributed by atoms with van der Waals surface area (Å²) in [6, 6.07) is -0.406. The van der Waals surface area contributed by atoms with Crippen LogP contribution in [0.25, 0.3) is 0 Å². The highest BCUT2D eigenvalue weighted by atomic mass is 32.2. The lowest BCUT2D eigenvalue weighted by Gasteiger charge is -2.30. The molecule has 104 valence electrons. The minimum atomic E-state index is -0.459. The van der Waals surface area contributed by atoms with Crippen LogP contribution in [-0.2, 0) is 4.79 Å². The van der Waals surface area contributed by atoms with E-state index in [1.54, 1.807) is 6.92 Å². The maximum absolute atomic E-state index is 11.7. The van der Waals surface area contributed by atoms with Crippen LogP contribution in [0.2, 0.25) is 0 Å². The van der Waals surface area contributed by atoms with Crippen LogP contribution in [0.1, 0.15) is 32.6 Å². The van der Waals surface area contributed by atoms with E-state index < -0.39 is 6.03 Å². The van der Waals surface area contributed by atoms with Gasteiger partial charge in [0.05, 0.1) is 6.04 Å². The minimum absolute atomic E-state index is 0.277. The third kappa shape index (κ3) is 4.86. The van der Waals surface area contributed by atoms with Gasteiger partial charge in [0.1, 0.15) is 0 Å². The Labute approximate surface area is 113 Å². The van der Waals surface area contributed by atoms with Gasteiger partial charge in [-0.1, -0.05) is 0 Å². The largest absolute Gasteiger partial charge is 0.341 e. The van der Waals surface area contributed by atoms with Crippen molar-refractivity contribution < 1.29 is 9.59 Å². The van der Waals surface area contributed by atoms with Gasteiger partial charge < -0.3 is 10.6 Å². The quantitative estimate of drug-likeness (QED) is 0.717. The van der Waals surface area contributed by atoms with Crippen molar-refractivity contribution in [3.8, 4) is 0 Å². The van der Waals surface area contributed by atoms with E-state index in [9.17, 15) is 9.59 Å². The van der Waals surface area contributed by atoms with Crippen molar-refractivity contribution in [2.24, 2.45) is 0 Å². The first-order valence-electron chi connectivity index (χ1n) is 6.38. The molecule has 5 nitrogen and oxygen atoms in total. The average molecular weight is 273 g/mol. The summed E-state index contributed by atoms with van der Waals surface area (Å²) < 4.78 is 0. The molecule has 1 aliphatic carbocycles. The maximum atomic E-state index is 11.7. The minimum Gasteiger partial charge on any atom is -0.341 e. The van der Waals surface area contributed by atoms with Crippen LogP contribution in [0.15, 0.2) is 0 Å². The van der Waals surface area contributed by atoms with Gasteiger partial charge in [-0.2, -0.15) is 11.8 Å². The van der Waals surface area contributed by atoms with E-state index in [4.69, 9.17) is 0 Å². The lowest BCUT2D eigenvalue weighted by atomic mass is 9.94. The molecule has 1 aliphatic rings. The molecule has 0 spiro atoms. The summed E-state index contributed by atoms with van der Waals surface area (Å²) in [6.45, 7) is 1.79. The van der Waals surface area contributed by atoms with Gasteiger partial charge in [0, 0.05) is 18.3 Å². The van der Waals surface area contributed by atoms with Crippen LogP contribution in [0.3, 0.4) is 0 Å². The van der Waals surface area contributed by atoms with E-state index in [0.29, 0.717) is 6.04 Å². The van der Waals surface area contributed by atoms with Crippen molar-refractivity contribution in [2.75, 3.05) is 13.3 Å². The highest BCUT2D eigenvalue weighted by Gasteiger charge is 2.24. The third-order valence-corrected chi connectivity index (χ3v) is 4.49. The maximum Gasteiger partial charge on any atom is 0.321 e. The molecule has 3 amide bonds. The summed E-state index contributed by atoms with van der Waals surface area (Å²) in [5.41, 5.74) is 0. The molecule has 1 fully saturated rings. The number of carbonyl (C=O) groups is 2. The predicted octanol–water partition coefficient (Wildman–Crippen LogP) is 1.09. The molecular weight excluding hydrogens is 250 g/mol. The first-order chi connectivity index (χ1) is 8.56. The van der Waals surface area contributed by atoms with Gasteiger partial charge in [-0.3, -0.25) is 10.1 Å². The van der Waals surface area contributed by atoms with Crippen molar-refractivity contribution in [1.29, 1.82) is 0 Å². The van der Waals surface area contributed by atoms with Crippen LogP contribution < -0.4 is 16.0 Å². The van der Waals surface area contributed by atoms with E-state index in [0.717, 1.165) is 18.1 Å². The van der Waals surface area contributed by atoms with Gasteiger partial charge in [0.15, 0.2) is 0 Å². The number of amides is 3. The van der Waals surface area contributed by atoms with Crippen LogP contribution in [-0.4, -0.2) is 42.6 Å². The number of imide groups is 1. The van der Waals surface area contributed by atoms with Crippen molar-refractivity contribution in [1.82, 2.24) is 16.0 Å². The molecule has 0 radical (unpaired) electrons. The Balaban J connectivity index is 2.30. The zero-order valence-electron chi connectivity index (χ0n) is 11.3. The fourth-order valence-corrected chi connectivity index (χ4v) is 2.92. The first kappa shape index (κ1) is 15.3. The van der Waals surface area contributed by atoms with Crippen LogP contribution in [0.5, 0.6) is 0 Å². The molecule has 1 saturated carbocycles. The first-order valence-corrected chi connectivity index (χ1v) is 7.67. The van der Waals surface area contributed by atoms with Crippen LogP contribution in [0, 0.1) is 0 Å². The second kappa shape index (κ2) is 7.63. The second-order valence-corrected chi connectivity index (χ2v) is 5.80. The Morgan fingerprint density at radius 2 is 1.83 bits per heavy atom. The van der Waals surface area contributed by atoms with Gasteiger partial charge in [-0.15, -0.1) is 0 Å². The van der Waals surface area contributed by atoms with E-state index in [1.807, 2.05) is 11.8 Å². The lowest BCUT2D eigenvalue weighted by molar-refractivity contribution is -0.121. The van der Waals surface area contributed by atoms with Crippen LogP contribution >= 0.6 is 11.8 Å². The molecule has 0 bridgehead atoms. The number of nitrogens with one attached hydrogen (secondary N) is 3. The SMILES string of the molecule is CNC(=O)NC(=O)C(C)NC1CCC(SC)CC1. The molecule has 1 unspecified atom stereocenters. The smallest absolute Gasteiger partial charge is 0.321 e. The number of hydrogen-bond donors (Lipinski definition) is 3. The molecule has 18 heavy (non-hydrogen) atoms. The Morgan fingerprint density at radius 1 is 1.22 bits per heavy atom. The zero-order chi connectivity index (χ0) is 13.5. The number of thioether (sulfide) groups is 1. The fourth-order valence-electron chi connectivity index (χ4n) is 2.18. The lowest BCUT2D eigenvalue weighted by Crippen LogP contribution is -2.50. The Morgan fingerprint density at radius 3 is 2.33 bits per heavy atom. The van der Waals surface area contributed by atoms with E-state index in [-0.39, 0.29) is 11.9 Å². The van der Waals surface area contributed by atoms with Crippen molar-refractivity contribution in [3.63, 3.8) is 0 Å². The molecule has 0 heterocycles. The van der Waals surface area contributed by atoms with Gasteiger partial charge in [-0.05, 0) is 38.9 Å². The summed E-state index contributed by atoms with van der Waals surface area (Å²) in [5, 5.41) is 8.70. The third-order valence-electron chi connectivity index (χ3n) is 3.35. The Bertz CT molecular complexity index is 291. The topological polar surface area (TPSA) is 70.2 Å². The summed E-state index contributed by atoms with van der Waals surface area (Å²) in [5.74, 6) is -0.277. The van der Waals surface area contributed by atoms with Gasteiger partial charge >= 0.3 is 6.03 Å². The fraction of sp³-hybridized carbons (Fsp3) is 0.833. The molecular formula is C12H23N3O2S. The second-order valence-electron chi connectivity index (χ2n) is 4.67. The Hall–Kier alpha value is -0.750. The van der Waals surface area contributed by atoms with E-state index in [1.165, 1.54) is 19.9 Å². The number of hydrogen-bond acceptors (Lipinski definition) is 4. The summed E-state index contributed by atoms with van der Waals surface area (Å²) in [7, 11) is 1.49. The molecule has 1 atom stereocenters. The molecule has 0 aromatic heterocycles. The number of urea groups is 1. The van der Waals surface area contributed by atoms with Crippen LogP contribution in [0.4, 0.5) is 4.79 Å². The van der Waals surface area contributed by atoms with Crippen molar-refractivity contribution >= 4 is 23.7 Å². The molecule has 0 saturated heterocycles. The molecule has 0 aromatic rings. The summed E-state index contributed by atoms with van der Waals surface area (Å²) in [6.07, 6.45) is 6.75. The molecule has 1 rings (SSSR count). The zero-order valence-corrected chi connectivity index (χ0v) is 12.1. The Kier molecular flexibility index (Phi) is 6.49. The van der Waals surface area contributed by atoms with Gasteiger partial charge in [0.2, 0.25) is 5.91 Å². The average Bonchev–Trinajstić information content (AvgIpc) is 2.39. The standard InChI is InChI=1S/C12H23N3O2S/c1-8(11(16)15-12(17)13-2)14-9-4-6-10(18-3)7-5-9/h8-10,14H,4-7H2,1-3H3,(H2,13,15,16,17). The molecule has 6 heteroatoms. The van der Waals surface area contributed by atoms with Crippen molar-refractivity contribution in [2.45, 2.75) is 49.9 Å². The summed E-state index contributed by atoms with van der Waals surface area (Å²) >= 11 is 1.92. The van der Waals surface area contributed by atoms with E-state index >= 15 is 0 Å². The molecule has 0 aliphatic heterocycles. The van der Waals surface area contributed by atoms with Crippen molar-refractivity contribution in [3.05, 3.63) is 0 Å². The predicted molar refractivity (Wildman–Crippen MR) is 74.8 cm³/mol. The van der Waals surface area contributed by atoms with E-state index in [2.05, 4.69) is 22.2 Å². The molecule has 3 N–H and O–H groups in total. The highest BCUT2D eigenvalue weighted by Crippen LogP contribution is 2.26. The monoisotopic (exact) mass is 273 g/mol. The number of rotatable bonds is 4.